The normalized spacial score (nSPS) is 18.1. The lowest BCUT2D eigenvalue weighted by Gasteiger charge is -2.31. The van der Waals surface area contributed by atoms with E-state index in [1.165, 1.54) is 4.90 Å². The summed E-state index contributed by atoms with van der Waals surface area (Å²) in [7, 11) is 0. The maximum atomic E-state index is 13.5. The van der Waals surface area contributed by atoms with Crippen molar-refractivity contribution in [1.82, 2.24) is 20.9 Å². The molecule has 11 heteroatoms. The maximum Gasteiger partial charge on any atom is 0.408 e. The van der Waals surface area contributed by atoms with Gasteiger partial charge in [-0.2, -0.15) is 0 Å². The van der Waals surface area contributed by atoms with E-state index < -0.39 is 53.6 Å². The SMILES string of the molecule is CC(C)C[C@H](NC(=O)OC(C)(C)C)C(=O)N[C@H](CC(C)C)C(=O)N[C@@H](CC(C)C)C(=O)N1CCC[C@H]1C(N)=O. The zero-order valence-electron chi connectivity index (χ0n) is 25.3. The largest absolute Gasteiger partial charge is 0.444 e. The van der Waals surface area contributed by atoms with Gasteiger partial charge < -0.3 is 31.3 Å². The summed E-state index contributed by atoms with van der Waals surface area (Å²) in [5, 5.41) is 8.26. The van der Waals surface area contributed by atoms with Gasteiger partial charge in [0.1, 0.15) is 29.8 Å². The van der Waals surface area contributed by atoms with Crippen molar-refractivity contribution in [3.05, 3.63) is 0 Å². The summed E-state index contributed by atoms with van der Waals surface area (Å²) in [6, 6.07) is -3.39. The highest BCUT2D eigenvalue weighted by Gasteiger charge is 2.38. The number of hydrogen-bond donors (Lipinski definition) is 4. The topological polar surface area (TPSA) is 160 Å². The number of amides is 5. The summed E-state index contributed by atoms with van der Waals surface area (Å²) in [5.74, 6) is -1.69. The molecule has 0 aromatic carbocycles. The number of rotatable bonds is 13. The van der Waals surface area contributed by atoms with Gasteiger partial charge in [0.15, 0.2) is 0 Å². The Hall–Kier alpha value is -2.85. The van der Waals surface area contributed by atoms with E-state index in [9.17, 15) is 24.0 Å². The summed E-state index contributed by atoms with van der Waals surface area (Å²) >= 11 is 0. The van der Waals surface area contributed by atoms with E-state index >= 15 is 0 Å². The molecule has 1 saturated heterocycles. The van der Waals surface area contributed by atoms with Crippen LogP contribution in [-0.4, -0.2) is 70.9 Å². The van der Waals surface area contributed by atoms with Gasteiger partial charge in [0.25, 0.3) is 0 Å². The molecule has 0 spiro atoms. The molecule has 11 nitrogen and oxygen atoms in total. The second-order valence-electron chi connectivity index (χ2n) is 12.8. The molecule has 1 aliphatic rings. The Morgan fingerprint density at radius 2 is 1.23 bits per heavy atom. The van der Waals surface area contributed by atoms with Gasteiger partial charge in [0, 0.05) is 6.54 Å². The minimum atomic E-state index is -0.930. The summed E-state index contributed by atoms with van der Waals surface area (Å²) in [5.41, 5.74) is 4.78. The molecule has 5 N–H and O–H groups in total. The fraction of sp³-hybridized carbons (Fsp3) is 0.821. The highest BCUT2D eigenvalue weighted by Crippen LogP contribution is 2.20. The quantitative estimate of drug-likeness (QED) is 0.274. The van der Waals surface area contributed by atoms with Crippen LogP contribution in [0.25, 0.3) is 0 Å². The molecule has 0 aromatic heterocycles. The van der Waals surface area contributed by atoms with Gasteiger partial charge in [0.2, 0.25) is 23.6 Å². The molecule has 4 atom stereocenters. The molecule has 5 amide bonds. The monoisotopic (exact) mass is 553 g/mol. The molecule has 1 aliphatic heterocycles. The number of carbonyl (C=O) groups is 5. The second kappa shape index (κ2) is 15.1. The van der Waals surface area contributed by atoms with Crippen molar-refractivity contribution < 1.29 is 28.7 Å². The zero-order chi connectivity index (χ0) is 30.1. The van der Waals surface area contributed by atoms with Crippen molar-refractivity contribution in [1.29, 1.82) is 0 Å². The Bertz CT molecular complexity index is 867. The Kier molecular flexibility index (Phi) is 13.2. The third-order valence-corrected chi connectivity index (χ3v) is 6.24. The van der Waals surface area contributed by atoms with Crippen LogP contribution in [0.3, 0.4) is 0 Å². The van der Waals surface area contributed by atoms with Crippen LogP contribution in [0.4, 0.5) is 4.79 Å². The highest BCUT2D eigenvalue weighted by atomic mass is 16.6. The molecule has 0 radical (unpaired) electrons. The third-order valence-electron chi connectivity index (χ3n) is 6.24. The first-order valence-electron chi connectivity index (χ1n) is 14.1. The summed E-state index contributed by atoms with van der Waals surface area (Å²) < 4.78 is 5.32. The molecule has 0 unspecified atom stereocenters. The van der Waals surface area contributed by atoms with Crippen LogP contribution < -0.4 is 21.7 Å². The number of hydrogen-bond acceptors (Lipinski definition) is 6. The van der Waals surface area contributed by atoms with Crippen molar-refractivity contribution in [2.75, 3.05) is 6.54 Å². The lowest BCUT2D eigenvalue weighted by atomic mass is 9.98. The molecular formula is C28H51N5O6. The average molecular weight is 554 g/mol. The number of likely N-dealkylation sites (tertiary alicyclic amines) is 1. The van der Waals surface area contributed by atoms with Crippen molar-refractivity contribution in [3.8, 4) is 0 Å². The van der Waals surface area contributed by atoms with E-state index in [4.69, 9.17) is 10.5 Å². The second-order valence-corrected chi connectivity index (χ2v) is 12.8. The molecule has 0 aromatic rings. The molecule has 1 rings (SSSR count). The van der Waals surface area contributed by atoms with Gasteiger partial charge in [0.05, 0.1) is 0 Å². The molecule has 1 heterocycles. The summed E-state index contributed by atoms with van der Waals surface area (Å²) in [4.78, 5) is 66.0. The Labute approximate surface area is 233 Å². The first kappa shape index (κ1) is 34.2. The van der Waals surface area contributed by atoms with Crippen molar-refractivity contribution in [3.63, 3.8) is 0 Å². The number of nitrogens with two attached hydrogens (primary N) is 1. The fourth-order valence-corrected chi connectivity index (χ4v) is 4.62. The van der Waals surface area contributed by atoms with E-state index in [0.717, 1.165) is 0 Å². The van der Waals surface area contributed by atoms with E-state index in [1.54, 1.807) is 20.8 Å². The lowest BCUT2D eigenvalue weighted by Crippen LogP contribution is -2.58. The Morgan fingerprint density at radius 3 is 1.67 bits per heavy atom. The van der Waals surface area contributed by atoms with Gasteiger partial charge in [-0.25, -0.2) is 4.79 Å². The molecule has 0 bridgehead atoms. The zero-order valence-corrected chi connectivity index (χ0v) is 25.3. The number of nitrogens with one attached hydrogen (secondary N) is 3. The van der Waals surface area contributed by atoms with Crippen molar-refractivity contribution in [2.45, 2.75) is 124 Å². The molecular weight excluding hydrogens is 502 g/mol. The van der Waals surface area contributed by atoms with E-state index in [2.05, 4.69) is 16.0 Å². The molecule has 1 fully saturated rings. The van der Waals surface area contributed by atoms with Crippen LogP contribution in [0.15, 0.2) is 0 Å². The fourth-order valence-electron chi connectivity index (χ4n) is 4.62. The predicted molar refractivity (Wildman–Crippen MR) is 149 cm³/mol. The van der Waals surface area contributed by atoms with Gasteiger partial charge in [-0.15, -0.1) is 0 Å². The molecule has 0 saturated carbocycles. The molecule has 0 aliphatic carbocycles. The van der Waals surface area contributed by atoms with Crippen LogP contribution in [-0.2, 0) is 23.9 Å². The van der Waals surface area contributed by atoms with Gasteiger partial charge >= 0.3 is 6.09 Å². The highest BCUT2D eigenvalue weighted by molar-refractivity contribution is 5.95. The van der Waals surface area contributed by atoms with Crippen molar-refractivity contribution in [2.24, 2.45) is 23.5 Å². The predicted octanol–water partition coefficient (Wildman–Crippen LogP) is 2.46. The Morgan fingerprint density at radius 1 is 0.795 bits per heavy atom. The number of primary amides is 1. The lowest BCUT2D eigenvalue weighted by molar-refractivity contribution is -0.141. The van der Waals surface area contributed by atoms with Gasteiger partial charge in [-0.1, -0.05) is 41.5 Å². The molecule has 224 valence electrons. The van der Waals surface area contributed by atoms with Crippen LogP contribution in [0, 0.1) is 17.8 Å². The third kappa shape index (κ3) is 12.3. The smallest absolute Gasteiger partial charge is 0.408 e. The van der Waals surface area contributed by atoms with Crippen LogP contribution >= 0.6 is 0 Å². The first-order valence-corrected chi connectivity index (χ1v) is 14.1. The van der Waals surface area contributed by atoms with E-state index in [-0.39, 0.29) is 23.7 Å². The van der Waals surface area contributed by atoms with Crippen molar-refractivity contribution >= 4 is 29.7 Å². The number of ether oxygens (including phenoxy) is 1. The average Bonchev–Trinajstić information content (AvgIpc) is 3.25. The van der Waals surface area contributed by atoms with E-state index in [1.807, 2.05) is 41.5 Å². The Balaban J connectivity index is 3.11. The standard InChI is InChI=1S/C28H51N5O6/c1-16(2)13-19(30-25(36)20(14-17(3)4)32-27(38)39-28(7,8)9)24(35)31-21(15-18(5)6)26(37)33-12-10-11-22(33)23(29)34/h16-22H,10-15H2,1-9H3,(H2,29,34)(H,30,36)(H,31,35)(H,32,38)/t19-,20+,21+,22+/m1/s1. The van der Waals surface area contributed by atoms with E-state index in [0.29, 0.717) is 38.6 Å². The molecule has 39 heavy (non-hydrogen) atoms. The summed E-state index contributed by atoms with van der Waals surface area (Å²) in [6.07, 6.45) is 1.48. The summed E-state index contributed by atoms with van der Waals surface area (Å²) in [6.45, 7) is 17.2. The van der Waals surface area contributed by atoms with Crippen LogP contribution in [0.2, 0.25) is 0 Å². The van der Waals surface area contributed by atoms with Gasteiger partial charge in [-0.3, -0.25) is 19.2 Å². The number of carbonyl (C=O) groups excluding carboxylic acids is 5. The minimum Gasteiger partial charge on any atom is -0.444 e. The van der Waals surface area contributed by atoms with Crippen LogP contribution in [0.1, 0.15) is 94.4 Å². The number of alkyl carbamates (subject to hydrolysis) is 1. The van der Waals surface area contributed by atoms with Crippen LogP contribution in [0.5, 0.6) is 0 Å². The number of nitrogens with zero attached hydrogens (tertiary/aromatic N) is 1. The minimum absolute atomic E-state index is 0.0560. The first-order chi connectivity index (χ1) is 17.9. The van der Waals surface area contributed by atoms with Gasteiger partial charge in [-0.05, 0) is 70.6 Å². The maximum absolute atomic E-state index is 13.5.